The molecule has 2 aliphatic carbocycles. The Hall–Kier alpha value is -2.16. The lowest BCUT2D eigenvalue weighted by molar-refractivity contribution is -0.0914. The fourth-order valence-corrected chi connectivity index (χ4v) is 3.46. The second-order valence-electron chi connectivity index (χ2n) is 6.27. The van der Waals surface area contributed by atoms with Crippen molar-refractivity contribution in [3.8, 4) is 0 Å². The van der Waals surface area contributed by atoms with Crippen LogP contribution in [0.1, 0.15) is 22.3 Å². The molecular weight excluding hydrogens is 272 g/mol. The Morgan fingerprint density at radius 1 is 0.636 bits per heavy atom. The fraction of sp³-hybridized carbons (Fsp3) is 0.200. The summed E-state index contributed by atoms with van der Waals surface area (Å²) in [5.74, 6) is 0. The molecule has 2 atom stereocenters. The van der Waals surface area contributed by atoms with Crippen LogP contribution in [0.2, 0.25) is 0 Å². The van der Waals surface area contributed by atoms with Gasteiger partial charge in [0, 0.05) is 12.8 Å². The molecule has 2 nitrogen and oxygen atoms in total. The van der Waals surface area contributed by atoms with Crippen molar-refractivity contribution < 1.29 is 10.2 Å². The highest BCUT2D eigenvalue weighted by molar-refractivity contribution is 5.63. The molecule has 2 N–H and O–H groups in total. The molecule has 0 aliphatic heterocycles. The summed E-state index contributed by atoms with van der Waals surface area (Å²) >= 11 is 0. The highest BCUT2D eigenvalue weighted by Crippen LogP contribution is 2.39. The van der Waals surface area contributed by atoms with Gasteiger partial charge in [-0.2, -0.15) is 0 Å². The van der Waals surface area contributed by atoms with Crippen LogP contribution >= 0.6 is 0 Å². The van der Waals surface area contributed by atoms with Gasteiger partial charge >= 0.3 is 0 Å². The molecule has 4 rings (SSSR count). The van der Waals surface area contributed by atoms with Crippen molar-refractivity contribution >= 4 is 12.2 Å². The molecule has 22 heavy (non-hydrogen) atoms. The Balaban J connectivity index is 1.74. The molecule has 0 spiro atoms. The van der Waals surface area contributed by atoms with Gasteiger partial charge in [-0.05, 0) is 34.4 Å². The van der Waals surface area contributed by atoms with Crippen LogP contribution in [0, 0.1) is 0 Å². The molecule has 0 aromatic heterocycles. The lowest BCUT2D eigenvalue weighted by Crippen LogP contribution is -2.56. The van der Waals surface area contributed by atoms with Crippen LogP contribution in [-0.2, 0) is 12.8 Å². The molecule has 0 heterocycles. The van der Waals surface area contributed by atoms with Crippen molar-refractivity contribution in [2.45, 2.75) is 24.0 Å². The van der Waals surface area contributed by atoms with Crippen molar-refractivity contribution in [1.82, 2.24) is 0 Å². The van der Waals surface area contributed by atoms with Crippen LogP contribution in [0.15, 0.2) is 60.7 Å². The van der Waals surface area contributed by atoms with Crippen LogP contribution in [0.5, 0.6) is 0 Å². The van der Waals surface area contributed by atoms with Crippen LogP contribution in [-0.4, -0.2) is 21.4 Å². The van der Waals surface area contributed by atoms with Gasteiger partial charge in [-0.15, -0.1) is 0 Å². The first-order valence-corrected chi connectivity index (χ1v) is 7.59. The smallest absolute Gasteiger partial charge is 0.120 e. The lowest BCUT2D eigenvalue weighted by Gasteiger charge is -2.43. The van der Waals surface area contributed by atoms with E-state index in [4.69, 9.17) is 0 Å². The van der Waals surface area contributed by atoms with Crippen molar-refractivity contribution in [2.75, 3.05) is 0 Å². The molecule has 2 aromatic carbocycles. The number of rotatable bonds is 1. The zero-order valence-electron chi connectivity index (χ0n) is 12.2. The lowest BCUT2D eigenvalue weighted by atomic mass is 9.69. The van der Waals surface area contributed by atoms with Crippen LogP contribution < -0.4 is 0 Å². The molecule has 2 heteroatoms. The Bertz CT molecular complexity index is 722. The minimum absolute atomic E-state index is 0.419. The normalized spacial score (nSPS) is 29.0. The second kappa shape index (κ2) is 4.67. The second-order valence-corrected chi connectivity index (χ2v) is 6.27. The zero-order valence-corrected chi connectivity index (χ0v) is 12.2. The number of fused-ring (bicyclic) bond motifs is 2. The van der Waals surface area contributed by atoms with Crippen molar-refractivity contribution in [3.63, 3.8) is 0 Å². The largest absolute Gasteiger partial charge is 0.382 e. The predicted octanol–water partition coefficient (Wildman–Crippen LogP) is 2.99. The van der Waals surface area contributed by atoms with E-state index in [1.165, 1.54) is 0 Å². The van der Waals surface area contributed by atoms with E-state index in [0.717, 1.165) is 22.3 Å². The molecule has 2 aliphatic rings. The van der Waals surface area contributed by atoms with E-state index in [9.17, 15) is 10.2 Å². The summed E-state index contributed by atoms with van der Waals surface area (Å²) in [7, 11) is 0. The summed E-state index contributed by atoms with van der Waals surface area (Å²) in [5.41, 5.74) is 1.77. The molecule has 0 fully saturated rings. The van der Waals surface area contributed by atoms with E-state index >= 15 is 0 Å². The Kier molecular flexibility index (Phi) is 2.86. The molecule has 0 bridgehead atoms. The average molecular weight is 290 g/mol. The van der Waals surface area contributed by atoms with E-state index in [1.54, 1.807) is 12.2 Å². The maximum absolute atomic E-state index is 11.1. The summed E-state index contributed by atoms with van der Waals surface area (Å²) in [6.45, 7) is 0. The van der Waals surface area contributed by atoms with Crippen LogP contribution in [0.25, 0.3) is 12.2 Å². The molecule has 0 radical (unpaired) electrons. The molecule has 0 saturated carbocycles. The maximum atomic E-state index is 11.1. The maximum Gasteiger partial charge on any atom is 0.120 e. The molecule has 2 unspecified atom stereocenters. The van der Waals surface area contributed by atoms with E-state index in [0.29, 0.717) is 12.8 Å². The summed E-state index contributed by atoms with van der Waals surface area (Å²) in [5, 5.41) is 22.3. The van der Waals surface area contributed by atoms with E-state index in [2.05, 4.69) is 0 Å². The molecular formula is C20H18O2. The molecule has 0 saturated heterocycles. The minimum atomic E-state index is -1.29. The summed E-state index contributed by atoms with van der Waals surface area (Å²) in [6.07, 6.45) is 8.14. The Morgan fingerprint density at radius 2 is 1.05 bits per heavy atom. The molecule has 0 amide bonds. The van der Waals surface area contributed by atoms with E-state index in [1.807, 2.05) is 60.7 Å². The Labute approximate surface area is 130 Å². The zero-order chi connectivity index (χ0) is 15.2. The highest BCUT2D eigenvalue weighted by atomic mass is 16.4. The van der Waals surface area contributed by atoms with Gasteiger partial charge in [0.15, 0.2) is 0 Å². The fourth-order valence-electron chi connectivity index (χ4n) is 3.46. The van der Waals surface area contributed by atoms with Gasteiger partial charge in [-0.1, -0.05) is 60.7 Å². The average Bonchev–Trinajstić information content (AvgIpc) is 2.54. The minimum Gasteiger partial charge on any atom is -0.382 e. The highest BCUT2D eigenvalue weighted by Gasteiger charge is 2.48. The first-order valence-electron chi connectivity index (χ1n) is 7.59. The van der Waals surface area contributed by atoms with Gasteiger partial charge < -0.3 is 10.2 Å². The standard InChI is InChI=1S/C20H18O2/c21-19(11-9-15-5-1-3-7-17(15)13-19)20(22)12-10-16-6-2-4-8-18(16)14-20/h1-12,21-22H,13-14H2. The van der Waals surface area contributed by atoms with Crippen LogP contribution in [0.4, 0.5) is 0 Å². The van der Waals surface area contributed by atoms with Gasteiger partial charge in [-0.3, -0.25) is 0 Å². The number of hydrogen-bond acceptors (Lipinski definition) is 2. The third-order valence-electron chi connectivity index (χ3n) is 4.86. The van der Waals surface area contributed by atoms with Gasteiger partial charge in [0.05, 0.1) is 0 Å². The van der Waals surface area contributed by atoms with Gasteiger partial charge in [-0.25, -0.2) is 0 Å². The third-order valence-corrected chi connectivity index (χ3v) is 4.86. The predicted molar refractivity (Wildman–Crippen MR) is 88.3 cm³/mol. The monoisotopic (exact) mass is 290 g/mol. The topological polar surface area (TPSA) is 40.5 Å². The molecule has 2 aromatic rings. The van der Waals surface area contributed by atoms with Gasteiger partial charge in [0.1, 0.15) is 11.2 Å². The van der Waals surface area contributed by atoms with Crippen LogP contribution in [0.3, 0.4) is 0 Å². The first-order chi connectivity index (χ1) is 10.6. The number of hydrogen-bond donors (Lipinski definition) is 2. The first kappa shape index (κ1) is 13.5. The quantitative estimate of drug-likeness (QED) is 0.847. The van der Waals surface area contributed by atoms with Crippen molar-refractivity contribution in [2.24, 2.45) is 0 Å². The van der Waals surface area contributed by atoms with E-state index in [-0.39, 0.29) is 0 Å². The summed E-state index contributed by atoms with van der Waals surface area (Å²) in [6, 6.07) is 16.0. The van der Waals surface area contributed by atoms with Gasteiger partial charge in [0.25, 0.3) is 0 Å². The third kappa shape index (κ3) is 1.96. The number of benzene rings is 2. The van der Waals surface area contributed by atoms with Crippen molar-refractivity contribution in [3.05, 3.63) is 82.9 Å². The SMILES string of the molecule is OC1(C2(O)C=Cc3ccccc3C2)C=Cc2ccccc2C1. The number of aliphatic hydroxyl groups is 2. The summed E-state index contributed by atoms with van der Waals surface area (Å²) < 4.78 is 0. The van der Waals surface area contributed by atoms with E-state index < -0.39 is 11.2 Å². The Morgan fingerprint density at radius 3 is 1.50 bits per heavy atom. The molecule has 110 valence electrons. The summed E-state index contributed by atoms with van der Waals surface area (Å²) in [4.78, 5) is 0. The van der Waals surface area contributed by atoms with Crippen molar-refractivity contribution in [1.29, 1.82) is 0 Å². The van der Waals surface area contributed by atoms with Gasteiger partial charge in [0.2, 0.25) is 0 Å².